The molecule has 1 saturated carbocycles. The minimum atomic E-state index is 0.197. The maximum atomic E-state index is 9.19. The standard InChI is InChI=1S/C9H9N3O/c13-8-3-6-4-11-12(7-1-2-7)9(6)10-5-8/h3-5,7,13H,1-2H2. The molecule has 0 aromatic carbocycles. The van der Waals surface area contributed by atoms with Gasteiger partial charge in [-0.25, -0.2) is 9.67 Å². The molecule has 0 atom stereocenters. The van der Waals surface area contributed by atoms with E-state index in [0.717, 1.165) is 11.0 Å². The molecule has 1 aliphatic rings. The number of rotatable bonds is 1. The number of hydrogen-bond donors (Lipinski definition) is 1. The molecule has 0 aliphatic heterocycles. The van der Waals surface area contributed by atoms with Crippen molar-refractivity contribution in [1.29, 1.82) is 0 Å². The summed E-state index contributed by atoms with van der Waals surface area (Å²) in [4.78, 5) is 4.15. The highest BCUT2D eigenvalue weighted by Gasteiger charge is 2.26. The molecule has 0 spiro atoms. The molecule has 1 fully saturated rings. The Morgan fingerprint density at radius 3 is 3.00 bits per heavy atom. The fourth-order valence-electron chi connectivity index (χ4n) is 1.51. The lowest BCUT2D eigenvalue weighted by molar-refractivity contribution is 0.473. The van der Waals surface area contributed by atoms with Gasteiger partial charge >= 0.3 is 0 Å². The van der Waals surface area contributed by atoms with E-state index in [1.54, 1.807) is 12.3 Å². The Kier molecular flexibility index (Phi) is 1.17. The van der Waals surface area contributed by atoms with Gasteiger partial charge in [0, 0.05) is 5.39 Å². The van der Waals surface area contributed by atoms with Gasteiger partial charge in [-0.05, 0) is 18.9 Å². The van der Waals surface area contributed by atoms with Crippen LogP contribution in [0.3, 0.4) is 0 Å². The van der Waals surface area contributed by atoms with Gasteiger partial charge in [0.25, 0.3) is 0 Å². The number of nitrogens with zero attached hydrogens (tertiary/aromatic N) is 3. The maximum absolute atomic E-state index is 9.19. The predicted octanol–water partition coefficient (Wildman–Crippen LogP) is 1.47. The zero-order valence-corrected chi connectivity index (χ0v) is 7.01. The third kappa shape index (κ3) is 0.983. The van der Waals surface area contributed by atoms with Gasteiger partial charge in [0.05, 0.1) is 18.4 Å². The Hall–Kier alpha value is -1.58. The quantitative estimate of drug-likeness (QED) is 0.714. The Morgan fingerprint density at radius 2 is 2.23 bits per heavy atom. The van der Waals surface area contributed by atoms with Crippen LogP contribution in [0.1, 0.15) is 18.9 Å². The SMILES string of the molecule is Oc1cnc2c(cnn2C2CC2)c1. The highest BCUT2D eigenvalue weighted by atomic mass is 16.3. The molecule has 2 heterocycles. The van der Waals surface area contributed by atoms with Gasteiger partial charge in [-0.15, -0.1) is 0 Å². The largest absolute Gasteiger partial charge is 0.506 e. The van der Waals surface area contributed by atoms with E-state index in [2.05, 4.69) is 10.1 Å². The van der Waals surface area contributed by atoms with Crippen molar-refractivity contribution in [3.63, 3.8) is 0 Å². The first-order chi connectivity index (χ1) is 6.34. The molecule has 0 unspecified atom stereocenters. The van der Waals surface area contributed by atoms with Crippen LogP contribution in [0.25, 0.3) is 11.0 Å². The molecule has 2 aromatic heterocycles. The fourth-order valence-corrected chi connectivity index (χ4v) is 1.51. The van der Waals surface area contributed by atoms with Crippen LogP contribution in [0.5, 0.6) is 5.75 Å². The normalized spacial score (nSPS) is 16.6. The highest BCUT2D eigenvalue weighted by molar-refractivity contribution is 5.75. The van der Waals surface area contributed by atoms with Gasteiger partial charge in [0.15, 0.2) is 5.65 Å². The number of pyridine rings is 1. The molecule has 4 heteroatoms. The van der Waals surface area contributed by atoms with Crippen molar-refractivity contribution in [3.8, 4) is 5.75 Å². The average molecular weight is 175 g/mol. The Labute approximate surface area is 74.8 Å². The first-order valence-electron chi connectivity index (χ1n) is 4.37. The first kappa shape index (κ1) is 6.88. The van der Waals surface area contributed by atoms with Crippen LogP contribution in [0, 0.1) is 0 Å². The van der Waals surface area contributed by atoms with E-state index in [1.807, 2.05) is 4.68 Å². The second kappa shape index (κ2) is 2.22. The lowest BCUT2D eigenvalue weighted by atomic mass is 10.3. The number of aromatic hydroxyl groups is 1. The topological polar surface area (TPSA) is 50.9 Å². The summed E-state index contributed by atoms with van der Waals surface area (Å²) in [5.74, 6) is 0.197. The molecule has 1 aliphatic carbocycles. The van der Waals surface area contributed by atoms with Gasteiger partial charge in [-0.1, -0.05) is 0 Å². The molecule has 2 aromatic rings. The lowest BCUT2D eigenvalue weighted by Gasteiger charge is -1.98. The van der Waals surface area contributed by atoms with Crippen molar-refractivity contribution in [3.05, 3.63) is 18.5 Å². The predicted molar refractivity (Wildman–Crippen MR) is 47.5 cm³/mol. The van der Waals surface area contributed by atoms with E-state index in [4.69, 9.17) is 0 Å². The van der Waals surface area contributed by atoms with E-state index < -0.39 is 0 Å². The van der Waals surface area contributed by atoms with E-state index in [0.29, 0.717) is 6.04 Å². The smallest absolute Gasteiger partial charge is 0.158 e. The Morgan fingerprint density at radius 1 is 1.38 bits per heavy atom. The first-order valence-corrected chi connectivity index (χ1v) is 4.37. The summed E-state index contributed by atoms with van der Waals surface area (Å²) in [6.45, 7) is 0. The minimum absolute atomic E-state index is 0.197. The van der Waals surface area contributed by atoms with Crippen molar-refractivity contribution in [2.75, 3.05) is 0 Å². The van der Waals surface area contributed by atoms with Gasteiger partial charge in [-0.3, -0.25) is 0 Å². The zero-order chi connectivity index (χ0) is 8.84. The fraction of sp³-hybridized carbons (Fsp3) is 0.333. The second-order valence-corrected chi connectivity index (χ2v) is 3.43. The van der Waals surface area contributed by atoms with Crippen LogP contribution >= 0.6 is 0 Å². The molecule has 3 rings (SSSR count). The molecule has 0 bridgehead atoms. The molecular formula is C9H9N3O. The van der Waals surface area contributed by atoms with Gasteiger partial charge in [0.2, 0.25) is 0 Å². The molecule has 1 N–H and O–H groups in total. The van der Waals surface area contributed by atoms with Crippen molar-refractivity contribution < 1.29 is 5.11 Å². The molecule has 0 amide bonds. The van der Waals surface area contributed by atoms with Crippen molar-refractivity contribution in [2.24, 2.45) is 0 Å². The number of hydrogen-bond acceptors (Lipinski definition) is 3. The van der Waals surface area contributed by atoms with Crippen LogP contribution in [-0.4, -0.2) is 19.9 Å². The lowest BCUT2D eigenvalue weighted by Crippen LogP contribution is -1.96. The average Bonchev–Trinajstić information content (AvgIpc) is 2.87. The summed E-state index contributed by atoms with van der Waals surface area (Å²) in [6, 6.07) is 2.23. The second-order valence-electron chi connectivity index (χ2n) is 3.43. The summed E-state index contributed by atoms with van der Waals surface area (Å²) in [5, 5.41) is 14.3. The van der Waals surface area contributed by atoms with E-state index >= 15 is 0 Å². The zero-order valence-electron chi connectivity index (χ0n) is 7.01. The maximum Gasteiger partial charge on any atom is 0.158 e. The van der Waals surface area contributed by atoms with Gasteiger partial charge in [0.1, 0.15) is 5.75 Å². The summed E-state index contributed by atoms with van der Waals surface area (Å²) < 4.78 is 1.94. The van der Waals surface area contributed by atoms with Crippen LogP contribution < -0.4 is 0 Å². The molecule has 0 radical (unpaired) electrons. The number of aromatic nitrogens is 3. The van der Waals surface area contributed by atoms with Crippen LogP contribution in [-0.2, 0) is 0 Å². The molecule has 13 heavy (non-hydrogen) atoms. The number of fused-ring (bicyclic) bond motifs is 1. The molecular weight excluding hydrogens is 166 g/mol. The van der Waals surface area contributed by atoms with Gasteiger partial charge < -0.3 is 5.11 Å². The molecule has 66 valence electrons. The van der Waals surface area contributed by atoms with Crippen molar-refractivity contribution in [1.82, 2.24) is 14.8 Å². The summed E-state index contributed by atoms with van der Waals surface area (Å²) in [7, 11) is 0. The minimum Gasteiger partial charge on any atom is -0.506 e. The third-order valence-corrected chi connectivity index (χ3v) is 2.31. The van der Waals surface area contributed by atoms with Crippen molar-refractivity contribution in [2.45, 2.75) is 18.9 Å². The van der Waals surface area contributed by atoms with E-state index in [1.165, 1.54) is 19.0 Å². The highest BCUT2D eigenvalue weighted by Crippen LogP contribution is 2.36. The summed E-state index contributed by atoms with van der Waals surface area (Å²) in [6.07, 6.45) is 5.60. The molecule has 0 saturated heterocycles. The third-order valence-electron chi connectivity index (χ3n) is 2.31. The van der Waals surface area contributed by atoms with Crippen molar-refractivity contribution >= 4 is 11.0 Å². The van der Waals surface area contributed by atoms with Crippen LogP contribution in [0.15, 0.2) is 18.5 Å². The monoisotopic (exact) mass is 175 g/mol. The van der Waals surface area contributed by atoms with E-state index in [-0.39, 0.29) is 5.75 Å². The van der Waals surface area contributed by atoms with Crippen LogP contribution in [0.2, 0.25) is 0 Å². The Bertz CT molecular complexity index is 459. The Balaban J connectivity index is 2.26. The van der Waals surface area contributed by atoms with E-state index in [9.17, 15) is 5.11 Å². The van der Waals surface area contributed by atoms with Gasteiger partial charge in [-0.2, -0.15) is 5.10 Å². The summed E-state index contributed by atoms with van der Waals surface area (Å²) in [5.41, 5.74) is 0.875. The summed E-state index contributed by atoms with van der Waals surface area (Å²) >= 11 is 0. The molecule has 4 nitrogen and oxygen atoms in total. The van der Waals surface area contributed by atoms with Crippen LogP contribution in [0.4, 0.5) is 0 Å².